The van der Waals surface area contributed by atoms with E-state index in [0.717, 1.165) is 4.90 Å². The number of nitrogens with one attached hydrogen (secondary N) is 1. The second-order valence-electron chi connectivity index (χ2n) is 7.51. The summed E-state index contributed by atoms with van der Waals surface area (Å²) in [5.41, 5.74) is 2.18. The zero-order valence-electron chi connectivity index (χ0n) is 16.4. The van der Waals surface area contributed by atoms with Crippen molar-refractivity contribution in [2.75, 3.05) is 16.8 Å². The number of rotatable bonds is 5. The van der Waals surface area contributed by atoms with Gasteiger partial charge in [0.05, 0.1) is 5.69 Å². The Morgan fingerprint density at radius 1 is 1.13 bits per heavy atom. The molecule has 1 fully saturated rings. The highest BCUT2D eigenvalue weighted by atomic mass is 35.5. The van der Waals surface area contributed by atoms with Crippen molar-refractivity contribution in [3.8, 4) is 0 Å². The summed E-state index contributed by atoms with van der Waals surface area (Å²) < 4.78 is 0. The van der Waals surface area contributed by atoms with E-state index < -0.39 is 23.9 Å². The highest BCUT2D eigenvalue weighted by molar-refractivity contribution is 6.31. The van der Waals surface area contributed by atoms with E-state index in [0.29, 0.717) is 22.3 Å². The Hall–Kier alpha value is -3.26. The van der Waals surface area contributed by atoms with E-state index in [1.54, 1.807) is 18.2 Å². The minimum absolute atomic E-state index is 0.195. The Labute approximate surface area is 178 Å². The molecule has 30 heavy (non-hydrogen) atoms. The third-order valence-corrected chi connectivity index (χ3v) is 5.33. The molecule has 2 aliphatic heterocycles. The van der Waals surface area contributed by atoms with Gasteiger partial charge in [0.15, 0.2) is 12.1 Å². The van der Waals surface area contributed by atoms with Gasteiger partial charge in [-0.2, -0.15) is 5.11 Å². The van der Waals surface area contributed by atoms with Gasteiger partial charge in [-0.25, -0.2) is 4.90 Å². The van der Waals surface area contributed by atoms with Gasteiger partial charge in [-0.3, -0.25) is 19.4 Å². The number of amides is 3. The minimum atomic E-state index is -0.963. The molecule has 3 amide bonds. The molecule has 2 aliphatic rings. The number of benzene rings is 2. The largest absolute Gasteiger partial charge is 0.324 e. The Kier molecular flexibility index (Phi) is 5.26. The molecule has 0 spiro atoms. The first-order valence-corrected chi connectivity index (χ1v) is 9.93. The molecule has 1 saturated heterocycles. The van der Waals surface area contributed by atoms with Gasteiger partial charge in [0.2, 0.25) is 5.91 Å². The lowest BCUT2D eigenvalue weighted by molar-refractivity contribution is -0.123. The van der Waals surface area contributed by atoms with Crippen LogP contribution in [0.2, 0.25) is 5.02 Å². The number of hydrogen-bond acceptors (Lipinski definition) is 6. The fraction of sp³-hybridized carbons (Fsp3) is 0.286. The summed E-state index contributed by atoms with van der Waals surface area (Å²) in [6, 6.07) is 12.1. The Bertz CT molecular complexity index is 1040. The lowest BCUT2D eigenvalue weighted by atomic mass is 10.0. The van der Waals surface area contributed by atoms with Crippen LogP contribution in [0, 0.1) is 0 Å². The Balaban J connectivity index is 1.45. The third-order valence-electron chi connectivity index (χ3n) is 5.09. The highest BCUT2D eigenvalue weighted by Crippen LogP contribution is 2.32. The monoisotopic (exact) mass is 425 g/mol. The number of imide groups is 1. The van der Waals surface area contributed by atoms with E-state index in [9.17, 15) is 14.4 Å². The summed E-state index contributed by atoms with van der Waals surface area (Å²) in [6.45, 7) is 3.99. The number of fused-ring (bicyclic) bond motifs is 1. The van der Waals surface area contributed by atoms with Crippen LogP contribution >= 0.6 is 11.6 Å². The van der Waals surface area contributed by atoms with Crippen molar-refractivity contribution in [2.24, 2.45) is 10.3 Å². The highest BCUT2D eigenvalue weighted by Gasteiger charge is 2.55. The quantitative estimate of drug-likeness (QED) is 0.743. The van der Waals surface area contributed by atoms with Gasteiger partial charge in [-0.1, -0.05) is 48.9 Å². The molecule has 2 aromatic carbocycles. The number of carbonyl (C=O) groups excluding carboxylic acids is 3. The maximum Gasteiger partial charge on any atom is 0.263 e. The molecule has 0 bridgehead atoms. The molecular formula is C21H20ClN5O3. The smallest absolute Gasteiger partial charge is 0.263 e. The Morgan fingerprint density at radius 3 is 2.53 bits per heavy atom. The lowest BCUT2D eigenvalue weighted by Crippen LogP contribution is -2.43. The van der Waals surface area contributed by atoms with Gasteiger partial charge in [0.25, 0.3) is 11.8 Å². The molecule has 2 aromatic rings. The fourth-order valence-electron chi connectivity index (χ4n) is 3.52. The summed E-state index contributed by atoms with van der Waals surface area (Å²) in [6.07, 6.45) is 0. The second kappa shape index (κ2) is 7.87. The van der Waals surface area contributed by atoms with Crippen LogP contribution in [0.15, 0.2) is 58.9 Å². The molecule has 4 rings (SSSR count). The molecule has 1 N–H and O–H groups in total. The molecule has 2 atom stereocenters. The molecule has 0 saturated carbocycles. The summed E-state index contributed by atoms with van der Waals surface area (Å²) in [7, 11) is 0. The van der Waals surface area contributed by atoms with Crippen LogP contribution in [-0.2, 0) is 14.4 Å². The summed E-state index contributed by atoms with van der Waals surface area (Å²) >= 11 is 5.99. The summed E-state index contributed by atoms with van der Waals surface area (Å²) in [5, 5.41) is 12.3. The predicted octanol–water partition coefficient (Wildman–Crippen LogP) is 3.40. The summed E-state index contributed by atoms with van der Waals surface area (Å²) in [4.78, 5) is 39.2. The Morgan fingerprint density at radius 2 is 1.87 bits per heavy atom. The van der Waals surface area contributed by atoms with Crippen LogP contribution in [0.25, 0.3) is 0 Å². The number of hydrogen-bond donors (Lipinski definition) is 1. The molecule has 154 valence electrons. The first kappa shape index (κ1) is 20.0. The van der Waals surface area contributed by atoms with Crippen molar-refractivity contribution >= 4 is 40.7 Å². The van der Waals surface area contributed by atoms with Crippen molar-refractivity contribution in [3.63, 3.8) is 0 Å². The fourth-order valence-corrected chi connectivity index (χ4v) is 3.71. The molecular weight excluding hydrogens is 406 g/mol. The molecule has 0 aromatic heterocycles. The minimum Gasteiger partial charge on any atom is -0.324 e. The number of carbonyl (C=O) groups is 3. The van der Waals surface area contributed by atoms with E-state index >= 15 is 0 Å². The molecule has 0 radical (unpaired) electrons. The topological polar surface area (TPSA) is 94.4 Å². The zero-order chi connectivity index (χ0) is 21.4. The van der Waals surface area contributed by atoms with E-state index in [-0.39, 0.29) is 12.5 Å². The van der Waals surface area contributed by atoms with Crippen molar-refractivity contribution < 1.29 is 14.4 Å². The van der Waals surface area contributed by atoms with E-state index in [4.69, 9.17) is 11.6 Å². The summed E-state index contributed by atoms with van der Waals surface area (Å²) in [5.74, 6) is -0.923. The third kappa shape index (κ3) is 3.66. The SMILES string of the molecule is CC(C)c1ccc(NC(=O)CN2N=N[C@H]3C(=O)N(c4cccc(Cl)c4)C(=O)[C@H]32)cc1. The van der Waals surface area contributed by atoms with E-state index in [2.05, 4.69) is 29.5 Å². The lowest BCUT2D eigenvalue weighted by Gasteiger charge is -2.20. The van der Waals surface area contributed by atoms with Gasteiger partial charge >= 0.3 is 0 Å². The van der Waals surface area contributed by atoms with Crippen LogP contribution in [0.1, 0.15) is 25.3 Å². The van der Waals surface area contributed by atoms with Gasteiger partial charge in [0.1, 0.15) is 6.54 Å². The van der Waals surface area contributed by atoms with Crippen LogP contribution in [0.4, 0.5) is 11.4 Å². The molecule has 2 heterocycles. The van der Waals surface area contributed by atoms with Crippen LogP contribution in [0.3, 0.4) is 0 Å². The maximum absolute atomic E-state index is 12.9. The average molecular weight is 426 g/mol. The number of halogens is 1. The van der Waals surface area contributed by atoms with E-state index in [1.807, 2.05) is 24.3 Å². The van der Waals surface area contributed by atoms with Crippen molar-refractivity contribution in [2.45, 2.75) is 31.8 Å². The predicted molar refractivity (Wildman–Crippen MR) is 112 cm³/mol. The van der Waals surface area contributed by atoms with Crippen LogP contribution in [0.5, 0.6) is 0 Å². The van der Waals surface area contributed by atoms with Crippen molar-refractivity contribution in [1.82, 2.24) is 5.01 Å². The van der Waals surface area contributed by atoms with Crippen LogP contribution < -0.4 is 10.2 Å². The van der Waals surface area contributed by atoms with Gasteiger partial charge in [0, 0.05) is 10.7 Å². The first-order valence-electron chi connectivity index (χ1n) is 9.56. The second-order valence-corrected chi connectivity index (χ2v) is 7.95. The number of anilines is 2. The standard InChI is InChI=1S/C21H20ClN5O3/c1-12(2)13-6-8-15(9-7-13)23-17(28)11-26-19-18(24-25-26)20(29)27(21(19)30)16-5-3-4-14(22)10-16/h3-10,12,18-19H,11H2,1-2H3,(H,23,28)/t18-,19+/m1/s1. The average Bonchev–Trinajstić information content (AvgIpc) is 3.22. The van der Waals surface area contributed by atoms with Gasteiger partial charge in [-0.15, -0.1) is 0 Å². The van der Waals surface area contributed by atoms with Crippen molar-refractivity contribution in [3.05, 3.63) is 59.1 Å². The van der Waals surface area contributed by atoms with Crippen molar-refractivity contribution in [1.29, 1.82) is 0 Å². The molecule has 0 unspecified atom stereocenters. The van der Waals surface area contributed by atoms with Gasteiger partial charge < -0.3 is 5.32 Å². The normalized spacial score (nSPS) is 20.3. The maximum atomic E-state index is 12.9. The molecule has 9 heteroatoms. The number of nitrogens with zero attached hydrogens (tertiary/aromatic N) is 4. The molecule has 8 nitrogen and oxygen atoms in total. The first-order chi connectivity index (χ1) is 14.3. The van der Waals surface area contributed by atoms with Gasteiger partial charge in [-0.05, 0) is 41.8 Å². The molecule has 0 aliphatic carbocycles. The van der Waals surface area contributed by atoms with E-state index in [1.165, 1.54) is 16.6 Å². The zero-order valence-corrected chi connectivity index (χ0v) is 17.2. The van der Waals surface area contributed by atoms with Crippen LogP contribution in [-0.4, -0.2) is 41.4 Å².